The summed E-state index contributed by atoms with van der Waals surface area (Å²) in [6, 6.07) is 8.20. The second-order valence-electron chi connectivity index (χ2n) is 9.27. The van der Waals surface area contributed by atoms with Gasteiger partial charge in [0.15, 0.2) is 0 Å². The van der Waals surface area contributed by atoms with Crippen LogP contribution in [0.1, 0.15) is 50.4 Å². The minimum atomic E-state index is -0.928. The Balaban J connectivity index is 1.51. The Morgan fingerprint density at radius 2 is 2.10 bits per heavy atom. The summed E-state index contributed by atoms with van der Waals surface area (Å²) in [6.45, 7) is 7.91. The summed E-state index contributed by atoms with van der Waals surface area (Å²) in [7, 11) is 0. The third-order valence-corrected chi connectivity index (χ3v) is 7.04. The predicted molar refractivity (Wildman–Crippen MR) is 112 cm³/mol. The molecule has 2 N–H and O–H groups in total. The van der Waals surface area contributed by atoms with Crippen LogP contribution in [0.4, 0.5) is 8.78 Å². The van der Waals surface area contributed by atoms with Crippen LogP contribution in [0.3, 0.4) is 0 Å². The summed E-state index contributed by atoms with van der Waals surface area (Å²) in [5.74, 6) is -0.622. The zero-order chi connectivity index (χ0) is 21.9. The Morgan fingerprint density at radius 3 is 2.80 bits per heavy atom. The topological polar surface area (TPSA) is 68.2 Å². The van der Waals surface area contributed by atoms with Crippen LogP contribution < -0.4 is 10.6 Å². The molecule has 164 valence electrons. The van der Waals surface area contributed by atoms with E-state index in [1.807, 2.05) is 11.8 Å². The molecule has 0 spiro atoms. The lowest BCUT2D eigenvalue weighted by atomic mass is 9.79. The van der Waals surface area contributed by atoms with Gasteiger partial charge in [0.05, 0.1) is 11.6 Å². The van der Waals surface area contributed by atoms with Crippen molar-refractivity contribution in [2.24, 2.45) is 11.3 Å². The van der Waals surface area contributed by atoms with E-state index in [0.29, 0.717) is 26.1 Å². The van der Waals surface area contributed by atoms with Gasteiger partial charge in [-0.3, -0.25) is 9.69 Å². The molecule has 1 unspecified atom stereocenters. The van der Waals surface area contributed by atoms with E-state index in [0.717, 1.165) is 12.8 Å². The van der Waals surface area contributed by atoms with Crippen molar-refractivity contribution in [3.8, 4) is 6.07 Å². The molecule has 1 aromatic rings. The van der Waals surface area contributed by atoms with Crippen LogP contribution in [0.15, 0.2) is 24.3 Å². The van der Waals surface area contributed by atoms with Crippen molar-refractivity contribution in [3.05, 3.63) is 35.6 Å². The van der Waals surface area contributed by atoms with Crippen molar-refractivity contribution in [2.75, 3.05) is 19.6 Å². The maximum Gasteiger partial charge on any atom is 0.254 e. The van der Waals surface area contributed by atoms with Gasteiger partial charge in [-0.05, 0) is 43.2 Å². The van der Waals surface area contributed by atoms with E-state index in [-0.39, 0.29) is 40.9 Å². The van der Waals surface area contributed by atoms with E-state index >= 15 is 0 Å². The third kappa shape index (κ3) is 4.81. The Labute approximate surface area is 177 Å². The summed E-state index contributed by atoms with van der Waals surface area (Å²) < 4.78 is 27.5. The van der Waals surface area contributed by atoms with Crippen LogP contribution in [-0.2, 0) is 0 Å². The molecular weight excluding hydrogens is 386 g/mol. The first-order chi connectivity index (χ1) is 14.2. The number of hydrogen-bond donors (Lipinski definition) is 2. The molecule has 0 bridgehead atoms. The molecule has 5 nitrogen and oxygen atoms in total. The first-order valence-corrected chi connectivity index (χ1v) is 10.8. The molecule has 1 saturated carbocycles. The lowest BCUT2D eigenvalue weighted by molar-refractivity contribution is 0.0927. The number of amides is 1. The molecule has 2 fully saturated rings. The Bertz CT molecular complexity index is 794. The van der Waals surface area contributed by atoms with Gasteiger partial charge in [-0.15, -0.1) is 0 Å². The van der Waals surface area contributed by atoms with E-state index < -0.39 is 12.0 Å². The van der Waals surface area contributed by atoms with Crippen molar-refractivity contribution in [1.29, 1.82) is 5.26 Å². The average Bonchev–Trinajstić information content (AvgIpc) is 3.23. The van der Waals surface area contributed by atoms with Crippen LogP contribution in [0.5, 0.6) is 0 Å². The van der Waals surface area contributed by atoms with Crippen LogP contribution in [0.2, 0.25) is 0 Å². The smallest absolute Gasteiger partial charge is 0.254 e. The molecule has 1 aromatic carbocycles. The Morgan fingerprint density at radius 1 is 1.37 bits per heavy atom. The molecule has 1 aliphatic carbocycles. The monoisotopic (exact) mass is 418 g/mol. The van der Waals surface area contributed by atoms with Gasteiger partial charge < -0.3 is 10.6 Å². The predicted octanol–water partition coefficient (Wildman–Crippen LogP) is 3.27. The molecule has 3 rings (SSSR count). The number of halogens is 2. The quantitative estimate of drug-likeness (QED) is 0.713. The van der Waals surface area contributed by atoms with Gasteiger partial charge in [-0.25, -0.2) is 8.78 Å². The van der Waals surface area contributed by atoms with Crippen LogP contribution in [0.25, 0.3) is 0 Å². The number of carbonyl (C=O) groups excluding carboxylic acids is 1. The van der Waals surface area contributed by atoms with E-state index in [1.54, 1.807) is 12.1 Å². The Kier molecular flexibility index (Phi) is 7.10. The molecule has 0 radical (unpaired) electrons. The minimum Gasteiger partial charge on any atom is -0.352 e. The lowest BCUT2D eigenvalue weighted by Crippen LogP contribution is -2.49. The highest BCUT2D eigenvalue weighted by molar-refractivity contribution is 5.94. The van der Waals surface area contributed by atoms with Crippen molar-refractivity contribution < 1.29 is 13.6 Å². The van der Waals surface area contributed by atoms with Gasteiger partial charge in [0.2, 0.25) is 0 Å². The standard InChI is InChI=1S/C23H32F2N4O/c1-15(29-14-17(24)10-18(29)11-26)12-27-21-9-8-16(23(21,2)3)13-28-22(30)19-6-4-5-7-20(19)25/h4-7,15-18,21,27H,8-10,12-14H2,1-3H3,(H,28,30)/t15?,16-,17+,18+,21-/m1/s1. The summed E-state index contributed by atoms with van der Waals surface area (Å²) in [6.07, 6.45) is 1.31. The van der Waals surface area contributed by atoms with Gasteiger partial charge in [0.1, 0.15) is 18.0 Å². The van der Waals surface area contributed by atoms with Crippen molar-refractivity contribution in [2.45, 2.75) is 64.3 Å². The van der Waals surface area contributed by atoms with Crippen LogP contribution >= 0.6 is 0 Å². The molecule has 30 heavy (non-hydrogen) atoms. The summed E-state index contributed by atoms with van der Waals surface area (Å²) >= 11 is 0. The van der Waals surface area contributed by atoms with E-state index in [1.165, 1.54) is 12.1 Å². The van der Waals surface area contributed by atoms with Gasteiger partial charge in [0.25, 0.3) is 5.91 Å². The molecule has 1 saturated heterocycles. The number of likely N-dealkylation sites (tertiary alicyclic amines) is 1. The molecule has 2 aliphatic rings. The molecule has 5 atom stereocenters. The van der Waals surface area contributed by atoms with E-state index in [4.69, 9.17) is 0 Å². The maximum atomic E-state index is 13.8. The zero-order valence-corrected chi connectivity index (χ0v) is 18.0. The molecule has 1 heterocycles. The fourth-order valence-electron chi connectivity index (χ4n) is 4.94. The van der Waals surface area contributed by atoms with Gasteiger partial charge >= 0.3 is 0 Å². The first-order valence-electron chi connectivity index (χ1n) is 10.8. The fourth-order valence-corrected chi connectivity index (χ4v) is 4.94. The number of rotatable bonds is 7. The van der Waals surface area contributed by atoms with Crippen molar-refractivity contribution in [1.82, 2.24) is 15.5 Å². The largest absolute Gasteiger partial charge is 0.352 e. The first kappa shape index (κ1) is 22.6. The number of hydrogen-bond acceptors (Lipinski definition) is 4. The number of nitriles is 1. The summed E-state index contributed by atoms with van der Waals surface area (Å²) in [5.41, 5.74) is 0.0189. The molecule has 7 heteroatoms. The Hall–Kier alpha value is -2.04. The highest BCUT2D eigenvalue weighted by Crippen LogP contribution is 2.42. The molecule has 0 aromatic heterocycles. The van der Waals surface area contributed by atoms with Crippen LogP contribution in [0, 0.1) is 28.5 Å². The lowest BCUT2D eigenvalue weighted by Gasteiger charge is -2.36. The number of nitrogens with zero attached hydrogens (tertiary/aromatic N) is 2. The summed E-state index contributed by atoms with van der Waals surface area (Å²) in [5, 5.41) is 15.8. The normalized spacial score (nSPS) is 29.5. The zero-order valence-electron chi connectivity index (χ0n) is 18.0. The summed E-state index contributed by atoms with van der Waals surface area (Å²) in [4.78, 5) is 14.3. The highest BCUT2D eigenvalue weighted by atomic mass is 19.1. The number of carbonyl (C=O) groups is 1. The van der Waals surface area contributed by atoms with Crippen molar-refractivity contribution >= 4 is 5.91 Å². The molecular formula is C23H32F2N4O. The van der Waals surface area contributed by atoms with Crippen molar-refractivity contribution in [3.63, 3.8) is 0 Å². The number of alkyl halides is 1. The average molecular weight is 419 g/mol. The minimum absolute atomic E-state index is 0.0511. The second-order valence-corrected chi connectivity index (χ2v) is 9.27. The van der Waals surface area contributed by atoms with Gasteiger partial charge in [-0.2, -0.15) is 5.26 Å². The SMILES string of the molecule is CC(CN[C@@H]1CC[C@H](CNC(=O)c2ccccc2F)C1(C)C)N1C[C@@H](F)C[C@H]1C#N. The molecule has 1 aliphatic heterocycles. The highest BCUT2D eigenvalue weighted by Gasteiger charge is 2.43. The number of benzene rings is 1. The van der Waals surface area contributed by atoms with Gasteiger partial charge in [-0.1, -0.05) is 26.0 Å². The third-order valence-electron chi connectivity index (χ3n) is 7.04. The molecule has 1 amide bonds. The second kappa shape index (κ2) is 9.40. The van der Waals surface area contributed by atoms with Gasteiger partial charge in [0, 0.05) is 38.1 Å². The number of nitrogens with one attached hydrogen (secondary N) is 2. The fraction of sp³-hybridized carbons (Fsp3) is 0.652. The van der Waals surface area contributed by atoms with Crippen LogP contribution in [-0.4, -0.2) is 54.7 Å². The maximum absolute atomic E-state index is 13.8. The van der Waals surface area contributed by atoms with E-state index in [2.05, 4.69) is 30.6 Å². The van der Waals surface area contributed by atoms with E-state index in [9.17, 15) is 18.8 Å².